The smallest absolute Gasteiger partial charge is 0.193 e. The molecule has 1 aliphatic heterocycles. The highest BCUT2D eigenvalue weighted by molar-refractivity contribution is 14.0. The third kappa shape index (κ3) is 8.24. The highest BCUT2D eigenvalue weighted by atomic mass is 127. The number of halogens is 1. The number of nitrogens with one attached hydrogen (secondary N) is 1. The van der Waals surface area contributed by atoms with Gasteiger partial charge in [-0.25, -0.2) is 0 Å². The Morgan fingerprint density at radius 2 is 2.05 bits per heavy atom. The summed E-state index contributed by atoms with van der Waals surface area (Å²) in [5.74, 6) is 3.15. The SMILES string of the molecule is CCN(CC)CC1CCN(C(=NC)NCCCCSC)C1.I. The van der Waals surface area contributed by atoms with Crippen molar-refractivity contribution in [2.45, 2.75) is 33.1 Å². The molecule has 1 N–H and O–H groups in total. The van der Waals surface area contributed by atoms with Crippen molar-refractivity contribution in [3.05, 3.63) is 0 Å². The van der Waals surface area contributed by atoms with Crippen LogP contribution in [0.4, 0.5) is 0 Å². The molecule has 1 heterocycles. The summed E-state index contributed by atoms with van der Waals surface area (Å²) in [5.41, 5.74) is 0. The molecule has 0 bridgehead atoms. The van der Waals surface area contributed by atoms with Crippen LogP contribution in [0.3, 0.4) is 0 Å². The Balaban J connectivity index is 0.00000441. The maximum absolute atomic E-state index is 4.45. The zero-order valence-corrected chi connectivity index (χ0v) is 18.0. The molecule has 1 saturated heterocycles. The van der Waals surface area contributed by atoms with Gasteiger partial charge in [0.25, 0.3) is 0 Å². The summed E-state index contributed by atoms with van der Waals surface area (Å²) in [5, 5.41) is 3.53. The Kier molecular flexibility index (Phi) is 13.9. The lowest BCUT2D eigenvalue weighted by Crippen LogP contribution is -2.41. The minimum Gasteiger partial charge on any atom is -0.356 e. The molecule has 0 aromatic heterocycles. The van der Waals surface area contributed by atoms with Gasteiger partial charge in [0.15, 0.2) is 5.96 Å². The number of hydrogen-bond donors (Lipinski definition) is 1. The molecule has 1 unspecified atom stereocenters. The van der Waals surface area contributed by atoms with Gasteiger partial charge in [-0.05, 0) is 50.3 Å². The van der Waals surface area contributed by atoms with E-state index in [1.54, 1.807) is 0 Å². The summed E-state index contributed by atoms with van der Waals surface area (Å²) in [7, 11) is 1.90. The van der Waals surface area contributed by atoms with Crippen LogP contribution < -0.4 is 5.32 Å². The molecule has 1 atom stereocenters. The van der Waals surface area contributed by atoms with E-state index in [1.165, 1.54) is 31.6 Å². The van der Waals surface area contributed by atoms with Crippen LogP contribution in [0.2, 0.25) is 0 Å². The van der Waals surface area contributed by atoms with E-state index in [9.17, 15) is 0 Å². The summed E-state index contributed by atoms with van der Waals surface area (Å²) in [6.45, 7) is 11.4. The first-order valence-electron chi connectivity index (χ1n) is 8.42. The van der Waals surface area contributed by atoms with Crippen LogP contribution in [-0.4, -0.2) is 74.1 Å². The molecule has 1 fully saturated rings. The fraction of sp³-hybridized carbons (Fsp3) is 0.938. The van der Waals surface area contributed by atoms with Gasteiger partial charge < -0.3 is 15.1 Å². The van der Waals surface area contributed by atoms with E-state index < -0.39 is 0 Å². The second-order valence-corrected chi connectivity index (χ2v) is 6.75. The highest BCUT2D eigenvalue weighted by Gasteiger charge is 2.25. The third-order valence-electron chi connectivity index (χ3n) is 4.27. The molecule has 0 saturated carbocycles. The lowest BCUT2D eigenvalue weighted by Gasteiger charge is -2.24. The molecule has 0 aliphatic carbocycles. The minimum absolute atomic E-state index is 0. The lowest BCUT2D eigenvalue weighted by atomic mass is 10.1. The van der Waals surface area contributed by atoms with Gasteiger partial charge >= 0.3 is 0 Å². The average Bonchev–Trinajstić information content (AvgIpc) is 2.97. The quantitative estimate of drug-likeness (QED) is 0.258. The van der Waals surface area contributed by atoms with Crippen LogP contribution >= 0.6 is 35.7 Å². The zero-order valence-electron chi connectivity index (χ0n) is 14.8. The van der Waals surface area contributed by atoms with E-state index in [0.717, 1.165) is 44.6 Å². The Hall–Kier alpha value is 0.310. The second-order valence-electron chi connectivity index (χ2n) is 5.76. The van der Waals surface area contributed by atoms with Gasteiger partial charge in [0.2, 0.25) is 0 Å². The van der Waals surface area contributed by atoms with Crippen molar-refractivity contribution in [2.24, 2.45) is 10.9 Å². The molecule has 0 spiro atoms. The van der Waals surface area contributed by atoms with E-state index in [4.69, 9.17) is 0 Å². The first-order valence-corrected chi connectivity index (χ1v) is 9.81. The number of aliphatic imine (C=N–C) groups is 1. The summed E-state index contributed by atoms with van der Waals surface area (Å²) in [4.78, 5) is 9.42. The molecular formula is C16H35IN4S. The van der Waals surface area contributed by atoms with Crippen molar-refractivity contribution in [3.63, 3.8) is 0 Å². The molecule has 1 rings (SSSR count). The van der Waals surface area contributed by atoms with Crippen LogP contribution in [0, 0.1) is 5.92 Å². The van der Waals surface area contributed by atoms with Crippen molar-refractivity contribution in [1.82, 2.24) is 15.1 Å². The summed E-state index contributed by atoms with van der Waals surface area (Å²) in [6, 6.07) is 0. The standard InChI is InChI=1S/C16H34N4S.HI/c1-5-19(6-2)13-15-9-11-20(14-15)16(17-3)18-10-7-8-12-21-4;/h15H,5-14H2,1-4H3,(H,17,18);1H. The van der Waals surface area contributed by atoms with Gasteiger partial charge in [-0.3, -0.25) is 4.99 Å². The first kappa shape index (κ1) is 22.3. The number of thioether (sulfide) groups is 1. The number of guanidine groups is 1. The van der Waals surface area contributed by atoms with E-state index in [0.29, 0.717) is 0 Å². The van der Waals surface area contributed by atoms with Crippen LogP contribution in [0.5, 0.6) is 0 Å². The molecule has 6 heteroatoms. The lowest BCUT2D eigenvalue weighted by molar-refractivity contribution is 0.255. The monoisotopic (exact) mass is 442 g/mol. The average molecular weight is 442 g/mol. The second kappa shape index (κ2) is 13.7. The van der Waals surface area contributed by atoms with Gasteiger partial charge in [0, 0.05) is 33.2 Å². The maximum atomic E-state index is 4.45. The third-order valence-corrected chi connectivity index (χ3v) is 4.96. The van der Waals surface area contributed by atoms with E-state index in [-0.39, 0.29) is 24.0 Å². The molecule has 1 aliphatic rings. The van der Waals surface area contributed by atoms with Crippen LogP contribution in [-0.2, 0) is 0 Å². The van der Waals surface area contributed by atoms with E-state index in [2.05, 4.69) is 40.2 Å². The van der Waals surface area contributed by atoms with Crippen LogP contribution in [0.25, 0.3) is 0 Å². The molecule has 0 amide bonds. The number of nitrogens with zero attached hydrogens (tertiary/aromatic N) is 3. The summed E-state index contributed by atoms with van der Waals surface area (Å²) < 4.78 is 0. The van der Waals surface area contributed by atoms with Crippen molar-refractivity contribution >= 4 is 41.7 Å². The zero-order chi connectivity index (χ0) is 15.5. The molecule has 0 radical (unpaired) electrons. The normalized spacial score (nSPS) is 18.7. The Bertz CT molecular complexity index is 298. The Labute approximate surface area is 158 Å². The molecule has 22 heavy (non-hydrogen) atoms. The van der Waals surface area contributed by atoms with Gasteiger partial charge in [0.05, 0.1) is 0 Å². The predicted molar refractivity (Wildman–Crippen MR) is 112 cm³/mol. The van der Waals surface area contributed by atoms with Crippen molar-refractivity contribution in [1.29, 1.82) is 0 Å². The molecule has 0 aromatic carbocycles. The van der Waals surface area contributed by atoms with Crippen molar-refractivity contribution in [3.8, 4) is 0 Å². The summed E-state index contributed by atoms with van der Waals surface area (Å²) in [6.07, 6.45) is 5.99. The largest absolute Gasteiger partial charge is 0.356 e. The van der Waals surface area contributed by atoms with E-state index >= 15 is 0 Å². The van der Waals surface area contributed by atoms with Gasteiger partial charge in [0.1, 0.15) is 0 Å². The fourth-order valence-electron chi connectivity index (χ4n) is 2.92. The van der Waals surface area contributed by atoms with Gasteiger partial charge in [-0.15, -0.1) is 24.0 Å². The topological polar surface area (TPSA) is 30.9 Å². The maximum Gasteiger partial charge on any atom is 0.193 e. The number of likely N-dealkylation sites (tertiary alicyclic amines) is 1. The Morgan fingerprint density at radius 1 is 1.32 bits per heavy atom. The highest BCUT2D eigenvalue weighted by Crippen LogP contribution is 2.17. The summed E-state index contributed by atoms with van der Waals surface area (Å²) >= 11 is 1.93. The number of hydrogen-bond acceptors (Lipinski definition) is 3. The van der Waals surface area contributed by atoms with Gasteiger partial charge in [-0.2, -0.15) is 11.8 Å². The first-order chi connectivity index (χ1) is 10.2. The molecule has 4 nitrogen and oxygen atoms in total. The fourth-order valence-corrected chi connectivity index (χ4v) is 3.42. The van der Waals surface area contributed by atoms with Crippen molar-refractivity contribution in [2.75, 3.05) is 58.3 Å². The predicted octanol–water partition coefficient (Wildman–Crippen LogP) is 2.99. The number of rotatable bonds is 9. The van der Waals surface area contributed by atoms with Crippen molar-refractivity contribution < 1.29 is 0 Å². The van der Waals surface area contributed by atoms with Crippen LogP contribution in [0.1, 0.15) is 33.1 Å². The molecule has 132 valence electrons. The number of unbranched alkanes of at least 4 members (excludes halogenated alkanes) is 1. The Morgan fingerprint density at radius 3 is 2.64 bits per heavy atom. The molecular weight excluding hydrogens is 407 g/mol. The van der Waals surface area contributed by atoms with Crippen LogP contribution in [0.15, 0.2) is 4.99 Å². The molecule has 0 aromatic rings. The van der Waals surface area contributed by atoms with Gasteiger partial charge in [-0.1, -0.05) is 13.8 Å². The van der Waals surface area contributed by atoms with E-state index in [1.807, 2.05) is 18.8 Å². The minimum atomic E-state index is 0.